The van der Waals surface area contributed by atoms with E-state index in [-0.39, 0.29) is 11.3 Å². The number of carboxylic acid groups (broad SMARTS) is 1. The number of phenols is 1. The lowest BCUT2D eigenvalue weighted by molar-refractivity contribution is 0.0694. The van der Waals surface area contributed by atoms with E-state index in [9.17, 15) is 9.90 Å². The van der Waals surface area contributed by atoms with Crippen LogP contribution in [-0.2, 0) is 0 Å². The molecule has 2 aromatic rings. The molecule has 0 fully saturated rings. The average molecular weight is 272 g/mol. The number of aromatic hydroxyl groups is 1. The maximum atomic E-state index is 11.0. The maximum absolute atomic E-state index is 11.0. The van der Waals surface area contributed by atoms with Crippen LogP contribution in [0.15, 0.2) is 42.5 Å². The summed E-state index contributed by atoms with van der Waals surface area (Å²) in [6.07, 6.45) is 0.946. The number of aromatic carboxylic acids is 1. The van der Waals surface area contributed by atoms with Crippen LogP contribution < -0.4 is 4.74 Å². The minimum Gasteiger partial charge on any atom is -0.507 e. The van der Waals surface area contributed by atoms with E-state index in [0.29, 0.717) is 6.61 Å². The second kappa shape index (κ2) is 6.10. The third kappa shape index (κ3) is 3.09. The smallest absolute Gasteiger partial charge is 0.339 e. The molecule has 2 N–H and O–H groups in total. The number of benzene rings is 2. The minimum absolute atomic E-state index is 0.103. The van der Waals surface area contributed by atoms with Crippen molar-refractivity contribution in [3.05, 3.63) is 48.0 Å². The Balaban J connectivity index is 2.27. The summed E-state index contributed by atoms with van der Waals surface area (Å²) in [5.41, 5.74) is 1.51. The van der Waals surface area contributed by atoms with Crippen LogP contribution in [0.4, 0.5) is 0 Å². The molecule has 0 amide bonds. The highest BCUT2D eigenvalue weighted by molar-refractivity contribution is 5.92. The summed E-state index contributed by atoms with van der Waals surface area (Å²) in [6, 6.07) is 12.0. The van der Waals surface area contributed by atoms with E-state index in [1.54, 1.807) is 6.07 Å². The van der Waals surface area contributed by atoms with Gasteiger partial charge in [0, 0.05) is 0 Å². The fourth-order valence-electron chi connectivity index (χ4n) is 1.85. The Kier molecular flexibility index (Phi) is 4.25. The number of carbonyl (C=O) groups is 1. The average Bonchev–Trinajstić information content (AvgIpc) is 2.46. The highest BCUT2D eigenvalue weighted by atomic mass is 16.5. The molecule has 0 radical (unpaired) electrons. The summed E-state index contributed by atoms with van der Waals surface area (Å²) in [4.78, 5) is 11.0. The molecular weight excluding hydrogens is 256 g/mol. The fraction of sp³-hybridized carbons (Fsp3) is 0.188. The molecule has 0 saturated heterocycles. The number of carboxylic acids is 1. The van der Waals surface area contributed by atoms with Gasteiger partial charge in [0.1, 0.15) is 17.1 Å². The van der Waals surface area contributed by atoms with Gasteiger partial charge in [-0.2, -0.15) is 0 Å². The van der Waals surface area contributed by atoms with Crippen molar-refractivity contribution in [1.82, 2.24) is 0 Å². The predicted molar refractivity (Wildman–Crippen MR) is 76.3 cm³/mol. The van der Waals surface area contributed by atoms with Crippen molar-refractivity contribution in [2.24, 2.45) is 0 Å². The number of hydrogen-bond donors (Lipinski definition) is 2. The van der Waals surface area contributed by atoms with E-state index in [4.69, 9.17) is 9.84 Å². The Bertz CT molecular complexity index is 602. The highest BCUT2D eigenvalue weighted by Gasteiger charge is 2.10. The van der Waals surface area contributed by atoms with Crippen molar-refractivity contribution in [3.63, 3.8) is 0 Å². The third-order valence-electron chi connectivity index (χ3n) is 2.89. The van der Waals surface area contributed by atoms with Crippen LogP contribution in [0, 0.1) is 0 Å². The zero-order valence-electron chi connectivity index (χ0n) is 11.2. The van der Waals surface area contributed by atoms with E-state index in [2.05, 4.69) is 0 Å². The summed E-state index contributed by atoms with van der Waals surface area (Å²) >= 11 is 0. The Labute approximate surface area is 117 Å². The van der Waals surface area contributed by atoms with Crippen LogP contribution >= 0.6 is 0 Å². The highest BCUT2D eigenvalue weighted by Crippen LogP contribution is 2.27. The van der Waals surface area contributed by atoms with E-state index >= 15 is 0 Å². The predicted octanol–water partition coefficient (Wildman–Crippen LogP) is 3.55. The van der Waals surface area contributed by atoms with Gasteiger partial charge >= 0.3 is 5.97 Å². The van der Waals surface area contributed by atoms with Crippen LogP contribution in [-0.4, -0.2) is 22.8 Å². The van der Waals surface area contributed by atoms with Crippen molar-refractivity contribution < 1.29 is 19.7 Å². The molecule has 0 aliphatic carbocycles. The Morgan fingerprint density at radius 3 is 2.35 bits per heavy atom. The van der Waals surface area contributed by atoms with Gasteiger partial charge in [-0.05, 0) is 41.8 Å². The first kappa shape index (κ1) is 13.9. The lowest BCUT2D eigenvalue weighted by Gasteiger charge is -2.07. The van der Waals surface area contributed by atoms with Crippen LogP contribution in [0.3, 0.4) is 0 Å². The monoisotopic (exact) mass is 272 g/mol. The summed E-state index contributed by atoms with van der Waals surface area (Å²) in [6.45, 7) is 2.71. The first-order valence-corrected chi connectivity index (χ1v) is 6.41. The fourth-order valence-corrected chi connectivity index (χ4v) is 1.85. The van der Waals surface area contributed by atoms with Crippen molar-refractivity contribution in [2.75, 3.05) is 6.61 Å². The lowest BCUT2D eigenvalue weighted by Crippen LogP contribution is -1.97. The molecule has 2 aromatic carbocycles. The van der Waals surface area contributed by atoms with Gasteiger partial charge in [0.15, 0.2) is 0 Å². The second-order valence-electron chi connectivity index (χ2n) is 4.41. The molecule has 0 aliphatic heterocycles. The normalized spacial score (nSPS) is 10.2. The number of ether oxygens (including phenoxy) is 1. The van der Waals surface area contributed by atoms with Crippen LogP contribution in [0.1, 0.15) is 23.7 Å². The number of rotatable bonds is 5. The molecule has 0 saturated carbocycles. The molecule has 4 heteroatoms. The standard InChI is InChI=1S/C16H16O4/c1-2-9-20-13-6-3-11(4-7-13)12-5-8-15(17)14(10-12)16(18)19/h3-8,10,17H,2,9H2,1H3,(H,18,19). The zero-order chi connectivity index (χ0) is 14.5. The van der Waals surface area contributed by atoms with Gasteiger partial charge in [0.2, 0.25) is 0 Å². The molecule has 4 nitrogen and oxygen atoms in total. The van der Waals surface area contributed by atoms with Crippen molar-refractivity contribution in [3.8, 4) is 22.6 Å². The Morgan fingerprint density at radius 2 is 1.75 bits per heavy atom. The van der Waals surface area contributed by atoms with Crippen molar-refractivity contribution in [2.45, 2.75) is 13.3 Å². The summed E-state index contributed by atoms with van der Waals surface area (Å²) in [5.74, 6) is -0.593. The molecule has 0 spiro atoms. The van der Waals surface area contributed by atoms with Gasteiger partial charge in [0.05, 0.1) is 6.61 Å². The van der Waals surface area contributed by atoms with Crippen molar-refractivity contribution >= 4 is 5.97 Å². The number of hydrogen-bond acceptors (Lipinski definition) is 3. The van der Waals surface area contributed by atoms with Crippen LogP contribution in [0.2, 0.25) is 0 Å². The van der Waals surface area contributed by atoms with Crippen molar-refractivity contribution in [1.29, 1.82) is 0 Å². The molecule has 0 atom stereocenters. The quantitative estimate of drug-likeness (QED) is 0.873. The first-order valence-electron chi connectivity index (χ1n) is 6.41. The molecule has 0 bridgehead atoms. The van der Waals surface area contributed by atoms with Gasteiger partial charge in [-0.15, -0.1) is 0 Å². The van der Waals surface area contributed by atoms with Crippen LogP contribution in [0.5, 0.6) is 11.5 Å². The second-order valence-corrected chi connectivity index (χ2v) is 4.41. The molecule has 0 unspecified atom stereocenters. The summed E-state index contributed by atoms with van der Waals surface area (Å²) < 4.78 is 5.49. The third-order valence-corrected chi connectivity index (χ3v) is 2.89. The zero-order valence-corrected chi connectivity index (χ0v) is 11.2. The van der Waals surface area contributed by atoms with Gasteiger partial charge in [-0.1, -0.05) is 25.1 Å². The Hall–Kier alpha value is -2.49. The lowest BCUT2D eigenvalue weighted by atomic mass is 10.0. The largest absolute Gasteiger partial charge is 0.507 e. The topological polar surface area (TPSA) is 66.8 Å². The SMILES string of the molecule is CCCOc1ccc(-c2ccc(O)c(C(=O)O)c2)cc1. The van der Waals surface area contributed by atoms with E-state index in [1.807, 2.05) is 31.2 Å². The van der Waals surface area contributed by atoms with Gasteiger partial charge in [0.25, 0.3) is 0 Å². The molecule has 0 aliphatic rings. The molecule has 0 aromatic heterocycles. The Morgan fingerprint density at radius 1 is 1.10 bits per heavy atom. The summed E-state index contributed by atoms with van der Waals surface area (Å²) in [7, 11) is 0. The van der Waals surface area contributed by atoms with E-state index in [1.165, 1.54) is 12.1 Å². The van der Waals surface area contributed by atoms with Gasteiger partial charge in [-0.25, -0.2) is 4.79 Å². The minimum atomic E-state index is -1.15. The molecule has 104 valence electrons. The summed E-state index contributed by atoms with van der Waals surface area (Å²) in [5, 5.41) is 18.5. The van der Waals surface area contributed by atoms with Gasteiger partial charge in [-0.3, -0.25) is 0 Å². The molecular formula is C16H16O4. The van der Waals surface area contributed by atoms with E-state index in [0.717, 1.165) is 23.3 Å². The van der Waals surface area contributed by atoms with Gasteiger partial charge < -0.3 is 14.9 Å². The van der Waals surface area contributed by atoms with E-state index < -0.39 is 5.97 Å². The molecule has 20 heavy (non-hydrogen) atoms. The molecule has 2 rings (SSSR count). The van der Waals surface area contributed by atoms with Crippen LogP contribution in [0.25, 0.3) is 11.1 Å². The molecule has 0 heterocycles. The first-order chi connectivity index (χ1) is 9.61. The maximum Gasteiger partial charge on any atom is 0.339 e.